The topological polar surface area (TPSA) is 50.9 Å². The Morgan fingerprint density at radius 3 is 2.43 bits per heavy atom. The van der Waals surface area contributed by atoms with Crippen LogP contribution in [-0.4, -0.2) is 29.4 Å². The average Bonchev–Trinajstić information content (AvgIpc) is 2.89. The van der Waals surface area contributed by atoms with E-state index >= 15 is 0 Å². The van der Waals surface area contributed by atoms with Crippen molar-refractivity contribution in [3.63, 3.8) is 0 Å². The van der Waals surface area contributed by atoms with E-state index in [0.29, 0.717) is 12.6 Å². The maximum absolute atomic E-state index is 13.1. The summed E-state index contributed by atoms with van der Waals surface area (Å²) in [6.45, 7) is 6.92. The minimum Gasteiger partial charge on any atom is -0.384 e. The smallest absolute Gasteiger partial charge is 0.137 e. The van der Waals surface area contributed by atoms with E-state index in [9.17, 15) is 9.50 Å². The van der Waals surface area contributed by atoms with Crippen molar-refractivity contribution in [1.82, 2.24) is 14.8 Å². The monoisotopic (exact) mass is 307 g/mol. The van der Waals surface area contributed by atoms with Gasteiger partial charge in [0.2, 0.25) is 0 Å². The lowest BCUT2D eigenvalue weighted by molar-refractivity contribution is 0.0340. The van der Waals surface area contributed by atoms with E-state index < -0.39 is 15.1 Å². The first kappa shape index (κ1) is 15.8. The lowest BCUT2D eigenvalue weighted by Crippen LogP contribution is -2.34. The van der Waals surface area contributed by atoms with Gasteiger partial charge in [-0.2, -0.15) is 5.10 Å². The number of rotatable bonds is 5. The van der Waals surface area contributed by atoms with Crippen LogP contribution in [0.1, 0.15) is 26.3 Å². The highest BCUT2D eigenvalue weighted by Gasteiger charge is 2.32. The summed E-state index contributed by atoms with van der Waals surface area (Å²) < 4.78 is 14.8. The van der Waals surface area contributed by atoms with E-state index in [1.54, 1.807) is 23.1 Å². The zero-order valence-corrected chi connectivity index (χ0v) is 14.2. The average molecular weight is 307 g/mol. The van der Waals surface area contributed by atoms with Crippen LogP contribution in [0.25, 0.3) is 0 Å². The maximum Gasteiger partial charge on any atom is 0.137 e. The second-order valence-corrected chi connectivity index (χ2v) is 9.81. The number of halogens is 1. The highest BCUT2D eigenvalue weighted by Crippen LogP contribution is 2.32. The highest BCUT2D eigenvalue weighted by atomic mass is 28.2. The first-order chi connectivity index (χ1) is 9.78. The quantitative estimate of drug-likeness (QED) is 0.861. The van der Waals surface area contributed by atoms with Crippen LogP contribution in [0.15, 0.2) is 36.9 Å². The molecule has 1 atom stereocenters. The number of hydrogen-bond donors (Lipinski definition) is 1. The van der Waals surface area contributed by atoms with Crippen LogP contribution in [0, 0.1) is 5.82 Å². The summed E-state index contributed by atoms with van der Waals surface area (Å²) in [5, 5.41) is 15.5. The van der Waals surface area contributed by atoms with Crippen LogP contribution in [-0.2, 0) is 12.1 Å². The number of benzene rings is 1. The molecule has 4 nitrogen and oxygen atoms in total. The first-order valence-electron chi connectivity index (χ1n) is 7.09. The van der Waals surface area contributed by atoms with Crippen LogP contribution >= 0.6 is 0 Å². The fourth-order valence-electron chi connectivity index (χ4n) is 2.24. The Morgan fingerprint density at radius 1 is 1.24 bits per heavy atom. The molecule has 1 aromatic heterocycles. The fraction of sp³-hybridized carbons (Fsp3) is 0.467. The van der Waals surface area contributed by atoms with Crippen molar-refractivity contribution in [2.24, 2.45) is 0 Å². The van der Waals surface area contributed by atoms with Crippen LogP contribution in [0.3, 0.4) is 0 Å². The Kier molecular flexibility index (Phi) is 4.58. The van der Waals surface area contributed by atoms with Gasteiger partial charge < -0.3 is 5.11 Å². The number of aliphatic hydroxyl groups is 1. The summed E-state index contributed by atoms with van der Waals surface area (Å²) >= 11 is 0. The third kappa shape index (κ3) is 4.47. The van der Waals surface area contributed by atoms with Gasteiger partial charge in [0.1, 0.15) is 24.1 Å². The van der Waals surface area contributed by atoms with Crippen molar-refractivity contribution in [3.8, 4) is 0 Å². The van der Waals surface area contributed by atoms with Gasteiger partial charge in [-0.05, 0) is 28.8 Å². The molecule has 0 aliphatic rings. The van der Waals surface area contributed by atoms with E-state index in [0.717, 1.165) is 5.56 Å². The van der Waals surface area contributed by atoms with Crippen molar-refractivity contribution in [1.29, 1.82) is 0 Å². The Bertz CT molecular complexity index is 566. The van der Waals surface area contributed by atoms with Gasteiger partial charge in [0.15, 0.2) is 0 Å². The summed E-state index contributed by atoms with van der Waals surface area (Å²) in [4.78, 5) is 3.92. The molecular weight excluding hydrogens is 285 g/mol. The molecule has 0 saturated heterocycles. The summed E-state index contributed by atoms with van der Waals surface area (Å²) in [7, 11) is -0.513. The molecule has 0 spiro atoms. The SMILES string of the molecule is CC(C)(C)[SiH2]CC(O)(Cn1cncn1)c1ccc(F)cc1. The predicted molar refractivity (Wildman–Crippen MR) is 83.4 cm³/mol. The van der Waals surface area contributed by atoms with Gasteiger partial charge in [0.25, 0.3) is 0 Å². The van der Waals surface area contributed by atoms with Crippen LogP contribution in [0.5, 0.6) is 0 Å². The van der Waals surface area contributed by atoms with Crippen molar-refractivity contribution in [3.05, 3.63) is 48.3 Å². The van der Waals surface area contributed by atoms with Crippen molar-refractivity contribution >= 4 is 9.52 Å². The Hall–Kier alpha value is -1.53. The number of hydrogen-bond acceptors (Lipinski definition) is 3. The molecule has 1 unspecified atom stereocenters. The third-order valence-electron chi connectivity index (χ3n) is 3.56. The highest BCUT2D eigenvalue weighted by molar-refractivity contribution is 6.39. The third-order valence-corrected chi connectivity index (χ3v) is 6.14. The molecular formula is C15H22FN3OSi. The summed E-state index contributed by atoms with van der Waals surface area (Å²) in [5.41, 5.74) is -0.294. The summed E-state index contributed by atoms with van der Waals surface area (Å²) in [6.07, 6.45) is 3.04. The van der Waals surface area contributed by atoms with E-state index in [1.807, 2.05) is 0 Å². The fourth-order valence-corrected chi connectivity index (χ4v) is 3.85. The minimum atomic E-state index is -1.03. The molecule has 114 valence electrons. The second kappa shape index (κ2) is 6.07. The molecule has 1 aromatic carbocycles. The van der Waals surface area contributed by atoms with Gasteiger partial charge in [0, 0.05) is 9.52 Å². The van der Waals surface area contributed by atoms with Crippen LogP contribution in [0.2, 0.25) is 11.1 Å². The Morgan fingerprint density at radius 2 is 1.90 bits per heavy atom. The van der Waals surface area contributed by atoms with Gasteiger partial charge in [-0.15, -0.1) is 0 Å². The minimum absolute atomic E-state index is 0.246. The molecule has 0 saturated carbocycles. The molecule has 0 aliphatic heterocycles. The Labute approximate surface area is 126 Å². The van der Waals surface area contributed by atoms with E-state index in [1.165, 1.54) is 18.5 Å². The van der Waals surface area contributed by atoms with E-state index in [2.05, 4.69) is 30.9 Å². The molecule has 0 amide bonds. The van der Waals surface area contributed by atoms with Crippen molar-refractivity contribution in [2.45, 2.75) is 44.0 Å². The predicted octanol–water partition coefficient (Wildman–Crippen LogP) is 2.11. The zero-order valence-electron chi connectivity index (χ0n) is 12.8. The molecule has 1 N–H and O–H groups in total. The molecule has 0 radical (unpaired) electrons. The number of nitrogens with zero attached hydrogens (tertiary/aromatic N) is 3. The molecule has 21 heavy (non-hydrogen) atoms. The number of aromatic nitrogens is 3. The van der Waals surface area contributed by atoms with Crippen molar-refractivity contribution < 1.29 is 9.50 Å². The van der Waals surface area contributed by atoms with Gasteiger partial charge >= 0.3 is 0 Å². The van der Waals surface area contributed by atoms with E-state index in [4.69, 9.17) is 0 Å². The standard InChI is InChI=1S/C15H22FN3OSi/c1-14(2,3)21-9-15(20,8-19-11-17-10-18-19)12-4-6-13(16)7-5-12/h4-7,10-11,20H,8-9,21H2,1-3H3. The summed E-state index contributed by atoms with van der Waals surface area (Å²) in [5.74, 6) is -0.296. The van der Waals surface area contributed by atoms with Gasteiger partial charge in [-0.3, -0.25) is 0 Å². The molecule has 2 aromatic rings. The maximum atomic E-state index is 13.1. The van der Waals surface area contributed by atoms with Gasteiger partial charge in [-0.25, -0.2) is 14.1 Å². The second-order valence-electron chi connectivity index (χ2n) is 6.69. The van der Waals surface area contributed by atoms with Crippen LogP contribution < -0.4 is 0 Å². The first-order valence-corrected chi connectivity index (χ1v) is 8.80. The normalized spacial score (nSPS) is 15.5. The molecule has 6 heteroatoms. The van der Waals surface area contributed by atoms with E-state index in [-0.39, 0.29) is 10.9 Å². The lowest BCUT2D eigenvalue weighted by Gasteiger charge is -2.31. The largest absolute Gasteiger partial charge is 0.384 e. The van der Waals surface area contributed by atoms with Gasteiger partial charge in [0.05, 0.1) is 6.54 Å². The molecule has 0 fully saturated rings. The molecule has 0 aliphatic carbocycles. The lowest BCUT2D eigenvalue weighted by atomic mass is 9.96. The zero-order chi connectivity index (χ0) is 15.5. The van der Waals surface area contributed by atoms with Gasteiger partial charge in [-0.1, -0.05) is 32.9 Å². The molecule has 1 heterocycles. The Balaban J connectivity index is 2.26. The molecule has 2 rings (SSSR count). The van der Waals surface area contributed by atoms with Crippen molar-refractivity contribution in [2.75, 3.05) is 0 Å². The summed E-state index contributed by atoms with van der Waals surface area (Å²) in [6, 6.07) is 6.80. The molecule has 0 bridgehead atoms. The van der Waals surface area contributed by atoms with Crippen LogP contribution in [0.4, 0.5) is 4.39 Å².